The molecule has 0 amide bonds. The first-order chi connectivity index (χ1) is 6.74. The molecule has 0 saturated carbocycles. The van der Waals surface area contributed by atoms with Crippen molar-refractivity contribution in [2.45, 2.75) is 12.5 Å². The van der Waals surface area contributed by atoms with Crippen molar-refractivity contribution in [3.8, 4) is 0 Å². The summed E-state index contributed by atoms with van der Waals surface area (Å²) < 4.78 is 4.85. The lowest BCUT2D eigenvalue weighted by atomic mass is 10.3. The Kier molecular flexibility index (Phi) is 4.58. The number of thiophene rings is 1. The highest BCUT2D eigenvalue weighted by molar-refractivity contribution is 7.09. The van der Waals surface area contributed by atoms with Gasteiger partial charge in [0.15, 0.2) is 0 Å². The first-order valence-electron chi connectivity index (χ1n) is 4.29. The standard InChI is InChI=1S/C9H13NO3S/c10-8(6-11)9(12)13-4-3-7-2-1-5-14-7/h1-2,5,8,11H,3-4,6,10H2/t8-/m0/s1. The Morgan fingerprint density at radius 3 is 3.07 bits per heavy atom. The van der Waals surface area contributed by atoms with E-state index in [4.69, 9.17) is 15.6 Å². The number of aliphatic hydroxyl groups is 1. The highest BCUT2D eigenvalue weighted by Crippen LogP contribution is 2.08. The van der Waals surface area contributed by atoms with Crippen LogP contribution in [0, 0.1) is 0 Å². The third-order valence-electron chi connectivity index (χ3n) is 1.67. The summed E-state index contributed by atoms with van der Waals surface area (Å²) in [5, 5.41) is 10.5. The molecular weight excluding hydrogens is 202 g/mol. The first-order valence-corrected chi connectivity index (χ1v) is 5.17. The Bertz CT molecular complexity index is 274. The van der Waals surface area contributed by atoms with E-state index in [1.54, 1.807) is 11.3 Å². The van der Waals surface area contributed by atoms with Gasteiger partial charge >= 0.3 is 5.97 Å². The minimum absolute atomic E-state index is 0.313. The molecule has 0 radical (unpaired) electrons. The fourth-order valence-corrected chi connectivity index (χ4v) is 1.58. The van der Waals surface area contributed by atoms with Crippen molar-refractivity contribution < 1.29 is 14.6 Å². The topological polar surface area (TPSA) is 72.5 Å². The molecule has 4 nitrogen and oxygen atoms in total. The third-order valence-corrected chi connectivity index (χ3v) is 2.61. The quantitative estimate of drug-likeness (QED) is 0.686. The van der Waals surface area contributed by atoms with Crippen LogP contribution in [-0.4, -0.2) is 30.3 Å². The van der Waals surface area contributed by atoms with Crippen molar-refractivity contribution in [1.82, 2.24) is 0 Å². The molecule has 1 aromatic heterocycles. The van der Waals surface area contributed by atoms with E-state index < -0.39 is 12.0 Å². The van der Waals surface area contributed by atoms with Crippen LogP contribution in [0.3, 0.4) is 0 Å². The van der Waals surface area contributed by atoms with Crippen molar-refractivity contribution in [3.63, 3.8) is 0 Å². The van der Waals surface area contributed by atoms with E-state index in [-0.39, 0.29) is 6.61 Å². The summed E-state index contributed by atoms with van der Waals surface area (Å²) in [7, 11) is 0. The van der Waals surface area contributed by atoms with E-state index in [1.165, 1.54) is 0 Å². The van der Waals surface area contributed by atoms with E-state index in [0.717, 1.165) is 4.88 Å². The summed E-state index contributed by atoms with van der Waals surface area (Å²) >= 11 is 1.62. The van der Waals surface area contributed by atoms with Crippen LogP contribution in [0.5, 0.6) is 0 Å². The molecule has 0 aliphatic carbocycles. The molecule has 5 heteroatoms. The molecule has 0 unspecified atom stereocenters. The second-order valence-electron chi connectivity index (χ2n) is 2.79. The lowest BCUT2D eigenvalue weighted by molar-refractivity contribution is -0.146. The van der Waals surface area contributed by atoms with Gasteiger partial charge in [0.05, 0.1) is 13.2 Å². The number of nitrogens with two attached hydrogens (primary N) is 1. The minimum atomic E-state index is -0.918. The molecule has 0 saturated heterocycles. The van der Waals surface area contributed by atoms with E-state index in [9.17, 15) is 4.79 Å². The molecule has 0 aliphatic heterocycles. The molecule has 3 N–H and O–H groups in total. The van der Waals surface area contributed by atoms with Gasteiger partial charge in [-0.2, -0.15) is 0 Å². The smallest absolute Gasteiger partial charge is 0.325 e. The van der Waals surface area contributed by atoms with Crippen LogP contribution in [-0.2, 0) is 16.0 Å². The van der Waals surface area contributed by atoms with Crippen molar-refractivity contribution in [3.05, 3.63) is 22.4 Å². The average molecular weight is 215 g/mol. The largest absolute Gasteiger partial charge is 0.464 e. The van der Waals surface area contributed by atoms with E-state index >= 15 is 0 Å². The molecule has 14 heavy (non-hydrogen) atoms. The zero-order valence-corrected chi connectivity index (χ0v) is 8.50. The van der Waals surface area contributed by atoms with Crippen molar-refractivity contribution in [2.24, 2.45) is 5.73 Å². The maximum atomic E-state index is 11.0. The maximum absolute atomic E-state index is 11.0. The molecule has 78 valence electrons. The lowest BCUT2D eigenvalue weighted by Gasteiger charge is -2.07. The summed E-state index contributed by atoms with van der Waals surface area (Å²) in [6.07, 6.45) is 0.696. The second-order valence-corrected chi connectivity index (χ2v) is 3.82. The van der Waals surface area contributed by atoms with Crippen LogP contribution in [0.1, 0.15) is 4.88 Å². The van der Waals surface area contributed by atoms with Crippen molar-refractivity contribution >= 4 is 17.3 Å². The van der Waals surface area contributed by atoms with Gasteiger partial charge in [-0.05, 0) is 11.4 Å². The van der Waals surface area contributed by atoms with Crippen LogP contribution >= 0.6 is 11.3 Å². The number of hydrogen-bond donors (Lipinski definition) is 2. The Balaban J connectivity index is 2.18. The van der Waals surface area contributed by atoms with Gasteiger partial charge < -0.3 is 15.6 Å². The normalized spacial score (nSPS) is 12.4. The zero-order chi connectivity index (χ0) is 10.4. The molecule has 1 atom stereocenters. The Hall–Kier alpha value is -0.910. The average Bonchev–Trinajstić information content (AvgIpc) is 2.69. The Morgan fingerprint density at radius 1 is 1.71 bits per heavy atom. The van der Waals surface area contributed by atoms with Crippen LogP contribution < -0.4 is 5.73 Å². The van der Waals surface area contributed by atoms with E-state index in [0.29, 0.717) is 13.0 Å². The lowest BCUT2D eigenvalue weighted by Crippen LogP contribution is -2.35. The van der Waals surface area contributed by atoms with Crippen LogP contribution in [0.4, 0.5) is 0 Å². The summed E-state index contributed by atoms with van der Waals surface area (Å²) in [5.74, 6) is -0.552. The summed E-state index contributed by atoms with van der Waals surface area (Å²) in [6, 6.07) is 3.00. The van der Waals surface area contributed by atoms with Crippen LogP contribution in [0.25, 0.3) is 0 Å². The monoisotopic (exact) mass is 215 g/mol. The minimum Gasteiger partial charge on any atom is -0.464 e. The predicted molar refractivity (Wildman–Crippen MR) is 54.0 cm³/mol. The summed E-state index contributed by atoms with van der Waals surface area (Å²) in [4.78, 5) is 12.2. The molecule has 0 bridgehead atoms. The molecule has 1 heterocycles. The molecule has 0 aliphatic rings. The predicted octanol–water partition coefficient (Wildman–Crippen LogP) is 0.153. The Labute approximate surface area is 86.3 Å². The van der Waals surface area contributed by atoms with Gasteiger partial charge in [0.2, 0.25) is 0 Å². The number of hydrogen-bond acceptors (Lipinski definition) is 5. The number of rotatable bonds is 5. The summed E-state index contributed by atoms with van der Waals surface area (Å²) in [6.45, 7) is -0.0646. The highest BCUT2D eigenvalue weighted by Gasteiger charge is 2.12. The van der Waals surface area contributed by atoms with E-state index in [1.807, 2.05) is 17.5 Å². The van der Waals surface area contributed by atoms with Gasteiger partial charge in [-0.3, -0.25) is 4.79 Å². The number of ether oxygens (including phenoxy) is 1. The fraction of sp³-hybridized carbons (Fsp3) is 0.444. The zero-order valence-electron chi connectivity index (χ0n) is 7.68. The third kappa shape index (κ3) is 3.45. The number of carbonyl (C=O) groups is 1. The second kappa shape index (κ2) is 5.74. The fourth-order valence-electron chi connectivity index (χ4n) is 0.889. The SMILES string of the molecule is N[C@@H](CO)C(=O)OCCc1cccs1. The molecule has 1 rings (SSSR count). The van der Waals surface area contributed by atoms with Crippen LogP contribution in [0.15, 0.2) is 17.5 Å². The van der Waals surface area contributed by atoms with Gasteiger partial charge in [0.25, 0.3) is 0 Å². The van der Waals surface area contributed by atoms with Gasteiger partial charge in [-0.25, -0.2) is 0 Å². The van der Waals surface area contributed by atoms with E-state index in [2.05, 4.69) is 0 Å². The van der Waals surface area contributed by atoms with Gasteiger partial charge in [0, 0.05) is 11.3 Å². The highest BCUT2D eigenvalue weighted by atomic mass is 32.1. The number of carbonyl (C=O) groups excluding carboxylic acids is 1. The van der Waals surface area contributed by atoms with Gasteiger partial charge in [-0.15, -0.1) is 11.3 Å². The van der Waals surface area contributed by atoms with Gasteiger partial charge in [0.1, 0.15) is 6.04 Å². The van der Waals surface area contributed by atoms with Crippen molar-refractivity contribution in [2.75, 3.05) is 13.2 Å². The number of aliphatic hydroxyl groups excluding tert-OH is 1. The number of esters is 1. The van der Waals surface area contributed by atoms with Crippen LogP contribution in [0.2, 0.25) is 0 Å². The molecule has 1 aromatic rings. The first kappa shape index (κ1) is 11.2. The summed E-state index contributed by atoms with van der Waals surface area (Å²) in [5.41, 5.74) is 5.25. The Morgan fingerprint density at radius 2 is 2.50 bits per heavy atom. The van der Waals surface area contributed by atoms with Crippen molar-refractivity contribution in [1.29, 1.82) is 0 Å². The molecular formula is C9H13NO3S. The molecule has 0 aromatic carbocycles. The van der Waals surface area contributed by atoms with Gasteiger partial charge in [-0.1, -0.05) is 6.07 Å². The molecule has 0 spiro atoms. The maximum Gasteiger partial charge on any atom is 0.325 e. The molecule has 0 fully saturated rings.